The van der Waals surface area contributed by atoms with E-state index >= 15 is 0 Å². The third-order valence-electron chi connectivity index (χ3n) is 6.49. The molecule has 1 aliphatic carbocycles. The predicted molar refractivity (Wildman–Crippen MR) is 123 cm³/mol. The van der Waals surface area contributed by atoms with Gasteiger partial charge in [0, 0.05) is 18.0 Å². The minimum Gasteiger partial charge on any atom is -0.376 e. The number of rotatable bonds is 6. The summed E-state index contributed by atoms with van der Waals surface area (Å²) in [5, 5.41) is 6.26. The molecule has 2 N–H and O–H groups in total. The van der Waals surface area contributed by atoms with Crippen LogP contribution in [-0.4, -0.2) is 53.8 Å². The first-order valence-corrected chi connectivity index (χ1v) is 12.1. The van der Waals surface area contributed by atoms with Gasteiger partial charge in [0.05, 0.1) is 22.8 Å². The summed E-state index contributed by atoms with van der Waals surface area (Å²) in [4.78, 5) is 53.8. The molecule has 3 aliphatic rings. The van der Waals surface area contributed by atoms with Crippen LogP contribution >= 0.6 is 11.3 Å². The molecule has 9 heteroatoms. The zero-order valence-corrected chi connectivity index (χ0v) is 19.1. The molecule has 0 bridgehead atoms. The molecule has 33 heavy (non-hydrogen) atoms. The Bertz CT molecular complexity index is 1120. The van der Waals surface area contributed by atoms with Crippen molar-refractivity contribution >= 4 is 40.0 Å². The summed E-state index contributed by atoms with van der Waals surface area (Å²) in [6.07, 6.45) is 4.57. The topological polar surface area (TPSA) is 105 Å². The summed E-state index contributed by atoms with van der Waals surface area (Å²) < 4.78 is 5.59. The highest BCUT2D eigenvalue weighted by atomic mass is 32.1. The first-order chi connectivity index (χ1) is 16.0. The smallest absolute Gasteiger partial charge is 0.262 e. The number of fused-ring (bicyclic) bond motifs is 2. The fraction of sp³-hybridized carbons (Fsp3) is 0.417. The fourth-order valence-corrected chi connectivity index (χ4v) is 6.02. The number of amides is 4. The molecule has 1 fully saturated rings. The van der Waals surface area contributed by atoms with Crippen LogP contribution in [0.4, 0.5) is 5.00 Å². The maximum Gasteiger partial charge on any atom is 0.262 e. The van der Waals surface area contributed by atoms with E-state index in [9.17, 15) is 19.2 Å². The summed E-state index contributed by atoms with van der Waals surface area (Å²) in [6.45, 7) is 2.67. The fourth-order valence-electron chi connectivity index (χ4n) is 4.73. The summed E-state index contributed by atoms with van der Waals surface area (Å²) in [5.41, 5.74) is 2.07. The third-order valence-corrected chi connectivity index (χ3v) is 7.70. The van der Waals surface area contributed by atoms with Gasteiger partial charge in [-0.15, -0.1) is 11.3 Å². The summed E-state index contributed by atoms with van der Waals surface area (Å²) in [7, 11) is 0. The molecule has 3 heterocycles. The van der Waals surface area contributed by atoms with Gasteiger partial charge in [0.2, 0.25) is 5.91 Å². The van der Waals surface area contributed by atoms with Gasteiger partial charge < -0.3 is 15.4 Å². The van der Waals surface area contributed by atoms with Crippen LogP contribution in [0.25, 0.3) is 0 Å². The Hall–Kier alpha value is -3.04. The molecule has 8 nitrogen and oxygen atoms in total. The number of ether oxygens (including phenoxy) is 1. The molecule has 0 radical (unpaired) electrons. The van der Waals surface area contributed by atoms with Crippen molar-refractivity contribution in [2.24, 2.45) is 0 Å². The monoisotopic (exact) mass is 467 g/mol. The minimum absolute atomic E-state index is 0.0209. The molecule has 1 aromatic carbocycles. The van der Waals surface area contributed by atoms with Gasteiger partial charge in [0.1, 0.15) is 11.0 Å². The number of carbonyl (C=O) groups is 4. The molecule has 0 spiro atoms. The van der Waals surface area contributed by atoms with Gasteiger partial charge in [0.15, 0.2) is 0 Å². The highest BCUT2D eigenvalue weighted by Gasteiger charge is 2.41. The second-order valence-electron chi connectivity index (χ2n) is 8.60. The van der Waals surface area contributed by atoms with E-state index in [-0.39, 0.29) is 12.0 Å². The van der Waals surface area contributed by atoms with Gasteiger partial charge >= 0.3 is 0 Å². The van der Waals surface area contributed by atoms with Crippen LogP contribution in [0, 0.1) is 0 Å². The second kappa shape index (κ2) is 8.72. The quantitative estimate of drug-likeness (QED) is 0.636. The van der Waals surface area contributed by atoms with Crippen LogP contribution in [0.2, 0.25) is 0 Å². The van der Waals surface area contributed by atoms with E-state index < -0.39 is 23.8 Å². The largest absolute Gasteiger partial charge is 0.376 e. The lowest BCUT2D eigenvalue weighted by molar-refractivity contribution is -0.119. The number of nitrogens with zero attached hydrogens (tertiary/aromatic N) is 1. The van der Waals surface area contributed by atoms with Crippen molar-refractivity contribution in [3.05, 3.63) is 51.4 Å². The predicted octanol–water partition coefficient (Wildman–Crippen LogP) is 2.77. The average molecular weight is 468 g/mol. The molecular weight excluding hydrogens is 442 g/mol. The van der Waals surface area contributed by atoms with Crippen molar-refractivity contribution in [3.63, 3.8) is 0 Å². The van der Waals surface area contributed by atoms with E-state index in [4.69, 9.17) is 4.74 Å². The molecule has 2 aromatic rings. The second-order valence-corrected chi connectivity index (χ2v) is 9.70. The molecule has 0 saturated carbocycles. The first-order valence-electron chi connectivity index (χ1n) is 11.3. The highest BCUT2D eigenvalue weighted by molar-refractivity contribution is 7.17. The maximum atomic E-state index is 13.1. The standard InChI is InChI=1S/C24H25N3O5S/c1-13(27-23(30)15-7-2-3-8-16(15)24(27)31)20(28)26-22-19(17-9-4-10-18(17)33-22)21(29)25-12-14-6-5-11-32-14/h2-3,7-8,13-14H,4-6,9-12H2,1H3,(H,25,29)(H,26,28)/t13-,14+/m0/s1. The van der Waals surface area contributed by atoms with Crippen LogP contribution in [0.1, 0.15) is 67.7 Å². The number of thiophene rings is 1. The summed E-state index contributed by atoms with van der Waals surface area (Å²) >= 11 is 1.40. The van der Waals surface area contributed by atoms with Gasteiger partial charge in [0.25, 0.3) is 17.7 Å². The van der Waals surface area contributed by atoms with Crippen LogP contribution < -0.4 is 10.6 Å². The van der Waals surface area contributed by atoms with Crippen LogP contribution in [0.3, 0.4) is 0 Å². The van der Waals surface area contributed by atoms with E-state index in [1.807, 2.05) is 0 Å². The van der Waals surface area contributed by atoms with E-state index in [0.29, 0.717) is 34.8 Å². The molecule has 1 saturated heterocycles. The van der Waals surface area contributed by atoms with E-state index in [2.05, 4.69) is 10.6 Å². The van der Waals surface area contributed by atoms with E-state index in [1.54, 1.807) is 24.3 Å². The summed E-state index contributed by atoms with van der Waals surface area (Å²) in [6, 6.07) is 5.53. The Morgan fingerprint density at radius 3 is 2.55 bits per heavy atom. The molecule has 1 aromatic heterocycles. The van der Waals surface area contributed by atoms with Crippen LogP contribution in [0.15, 0.2) is 24.3 Å². The maximum absolute atomic E-state index is 13.1. The molecule has 5 rings (SSSR count). The lowest BCUT2D eigenvalue weighted by Gasteiger charge is -2.21. The van der Waals surface area contributed by atoms with Crippen molar-refractivity contribution in [1.29, 1.82) is 0 Å². The lowest BCUT2D eigenvalue weighted by atomic mass is 10.1. The molecular formula is C24H25N3O5S. The Balaban J connectivity index is 1.34. The van der Waals surface area contributed by atoms with E-state index in [0.717, 1.165) is 47.4 Å². The number of hydrogen-bond donors (Lipinski definition) is 2. The van der Waals surface area contributed by atoms with Gasteiger partial charge in [-0.1, -0.05) is 12.1 Å². The zero-order valence-electron chi connectivity index (χ0n) is 18.3. The third kappa shape index (κ3) is 3.85. The molecule has 4 amide bonds. The number of benzene rings is 1. The molecule has 2 atom stereocenters. The lowest BCUT2D eigenvalue weighted by Crippen LogP contribution is -2.45. The van der Waals surface area contributed by atoms with Gasteiger partial charge in [-0.25, -0.2) is 0 Å². The Morgan fingerprint density at radius 1 is 1.15 bits per heavy atom. The highest BCUT2D eigenvalue weighted by Crippen LogP contribution is 2.39. The van der Waals surface area contributed by atoms with Crippen LogP contribution in [-0.2, 0) is 22.4 Å². The average Bonchev–Trinajstić information content (AvgIpc) is 3.58. The van der Waals surface area contributed by atoms with Gasteiger partial charge in [-0.05, 0) is 56.7 Å². The minimum atomic E-state index is -1.02. The number of aryl methyl sites for hydroxylation is 1. The Labute approximate surface area is 195 Å². The van der Waals surface area contributed by atoms with Gasteiger partial charge in [-0.2, -0.15) is 0 Å². The number of anilines is 1. The van der Waals surface area contributed by atoms with Gasteiger partial charge in [-0.3, -0.25) is 24.1 Å². The first kappa shape index (κ1) is 21.8. The number of nitrogens with one attached hydrogen (secondary N) is 2. The molecule has 172 valence electrons. The van der Waals surface area contributed by atoms with Crippen molar-refractivity contribution in [1.82, 2.24) is 10.2 Å². The van der Waals surface area contributed by atoms with Crippen molar-refractivity contribution < 1.29 is 23.9 Å². The molecule has 0 unspecified atom stereocenters. The Morgan fingerprint density at radius 2 is 1.88 bits per heavy atom. The van der Waals surface area contributed by atoms with Crippen molar-refractivity contribution in [2.45, 2.75) is 51.2 Å². The number of imide groups is 1. The number of hydrogen-bond acceptors (Lipinski definition) is 6. The van der Waals surface area contributed by atoms with Crippen molar-refractivity contribution in [2.75, 3.05) is 18.5 Å². The van der Waals surface area contributed by atoms with E-state index in [1.165, 1.54) is 18.3 Å². The zero-order chi connectivity index (χ0) is 23.1. The van der Waals surface area contributed by atoms with Crippen molar-refractivity contribution in [3.8, 4) is 0 Å². The molecule has 2 aliphatic heterocycles. The Kier molecular flexibility index (Phi) is 5.76. The number of carbonyl (C=O) groups excluding carboxylic acids is 4. The SMILES string of the molecule is C[C@@H](C(=O)Nc1sc2c(c1C(=O)NC[C@H]1CCCO1)CCC2)N1C(=O)c2ccccc2C1=O. The van der Waals surface area contributed by atoms with Crippen LogP contribution in [0.5, 0.6) is 0 Å². The summed E-state index contributed by atoms with van der Waals surface area (Å²) in [5.74, 6) is -1.70. The normalized spacial score (nSPS) is 20.0.